The van der Waals surface area contributed by atoms with Gasteiger partial charge in [0.15, 0.2) is 0 Å². The number of hydrogen-bond acceptors (Lipinski definition) is 2. The van der Waals surface area contributed by atoms with Gasteiger partial charge in [-0.1, -0.05) is 40.5 Å². The molecule has 2 aromatic rings. The normalized spacial score (nSPS) is 12.4. The molecular weight excluding hydrogens is 355 g/mol. The molecule has 0 saturated carbocycles. The molecule has 1 unspecified atom stereocenters. The average Bonchev–Trinajstić information content (AvgIpc) is 2.46. The Bertz CT molecular complexity index is 589. The van der Waals surface area contributed by atoms with Gasteiger partial charge in [-0.2, -0.15) is 0 Å². The lowest BCUT2D eigenvalue weighted by Crippen LogP contribution is -2.25. The standard InChI is InChI=1S/C16H17BrClFN2/c1-2-7-20-16(15-6-5-13(19)10-21-15)8-11-3-4-12(17)9-14(11)18/h3-6,9-10,16,20H,2,7-8H2,1H3. The minimum absolute atomic E-state index is 0.0178. The van der Waals surface area contributed by atoms with E-state index in [1.165, 1.54) is 12.3 Å². The SMILES string of the molecule is CCCNC(Cc1ccc(Br)cc1Cl)c1ccc(F)cn1. The smallest absolute Gasteiger partial charge is 0.141 e. The van der Waals surface area contributed by atoms with Crippen LogP contribution in [0.5, 0.6) is 0 Å². The number of nitrogens with zero attached hydrogens (tertiary/aromatic N) is 1. The van der Waals surface area contributed by atoms with Crippen molar-refractivity contribution in [3.05, 3.63) is 63.1 Å². The van der Waals surface area contributed by atoms with E-state index >= 15 is 0 Å². The van der Waals surface area contributed by atoms with Crippen molar-refractivity contribution >= 4 is 27.5 Å². The highest BCUT2D eigenvalue weighted by Gasteiger charge is 2.15. The molecular formula is C16H17BrClFN2. The van der Waals surface area contributed by atoms with Gasteiger partial charge in [-0.25, -0.2) is 4.39 Å². The summed E-state index contributed by atoms with van der Waals surface area (Å²) in [7, 11) is 0. The molecule has 1 aromatic heterocycles. The quantitative estimate of drug-likeness (QED) is 0.779. The fourth-order valence-corrected chi connectivity index (χ4v) is 2.85. The summed E-state index contributed by atoms with van der Waals surface area (Å²) in [6.45, 7) is 2.98. The monoisotopic (exact) mass is 370 g/mol. The van der Waals surface area contributed by atoms with E-state index in [9.17, 15) is 4.39 Å². The molecule has 1 N–H and O–H groups in total. The van der Waals surface area contributed by atoms with Crippen molar-refractivity contribution in [3.8, 4) is 0 Å². The molecule has 0 aliphatic heterocycles. The van der Waals surface area contributed by atoms with Gasteiger partial charge in [-0.3, -0.25) is 4.98 Å². The summed E-state index contributed by atoms with van der Waals surface area (Å²) in [6, 6.07) is 9.02. The largest absolute Gasteiger partial charge is 0.308 e. The second-order valence-corrected chi connectivity index (χ2v) is 6.17. The van der Waals surface area contributed by atoms with Gasteiger partial charge in [0.05, 0.1) is 17.9 Å². The van der Waals surface area contributed by atoms with Crippen molar-refractivity contribution in [2.45, 2.75) is 25.8 Å². The summed E-state index contributed by atoms with van der Waals surface area (Å²) in [4.78, 5) is 4.19. The van der Waals surface area contributed by atoms with Crippen LogP contribution in [-0.4, -0.2) is 11.5 Å². The lowest BCUT2D eigenvalue weighted by atomic mass is 10.0. The third-order valence-corrected chi connectivity index (χ3v) is 4.03. The molecule has 2 rings (SSSR count). The lowest BCUT2D eigenvalue weighted by molar-refractivity contribution is 0.514. The van der Waals surface area contributed by atoms with Crippen molar-refractivity contribution in [2.75, 3.05) is 6.54 Å². The third kappa shape index (κ3) is 4.77. The van der Waals surface area contributed by atoms with Gasteiger partial charge in [0, 0.05) is 9.50 Å². The van der Waals surface area contributed by atoms with Crippen LogP contribution in [0.15, 0.2) is 41.0 Å². The zero-order chi connectivity index (χ0) is 15.2. The van der Waals surface area contributed by atoms with Gasteiger partial charge in [-0.05, 0) is 49.2 Å². The van der Waals surface area contributed by atoms with E-state index in [0.29, 0.717) is 6.42 Å². The first-order valence-electron chi connectivity index (χ1n) is 6.89. The van der Waals surface area contributed by atoms with E-state index < -0.39 is 0 Å². The van der Waals surface area contributed by atoms with Crippen molar-refractivity contribution in [3.63, 3.8) is 0 Å². The van der Waals surface area contributed by atoms with E-state index in [1.54, 1.807) is 6.07 Å². The Kier molecular flexibility index (Phi) is 6.15. The molecule has 0 saturated heterocycles. The molecule has 1 aromatic carbocycles. The van der Waals surface area contributed by atoms with Crippen molar-refractivity contribution in [1.82, 2.24) is 10.3 Å². The van der Waals surface area contributed by atoms with Crippen LogP contribution in [0.25, 0.3) is 0 Å². The minimum Gasteiger partial charge on any atom is -0.308 e. The maximum Gasteiger partial charge on any atom is 0.141 e. The second kappa shape index (κ2) is 7.87. The molecule has 0 fully saturated rings. The van der Waals surface area contributed by atoms with E-state index in [0.717, 1.165) is 33.7 Å². The summed E-state index contributed by atoms with van der Waals surface area (Å²) < 4.78 is 14.0. The first-order chi connectivity index (χ1) is 10.1. The lowest BCUT2D eigenvalue weighted by Gasteiger charge is -2.19. The Hall–Kier alpha value is -0.970. The number of benzene rings is 1. The van der Waals surface area contributed by atoms with Crippen LogP contribution < -0.4 is 5.32 Å². The number of hydrogen-bond donors (Lipinski definition) is 1. The molecule has 1 atom stereocenters. The zero-order valence-corrected chi connectivity index (χ0v) is 14.1. The van der Waals surface area contributed by atoms with Crippen LogP contribution in [0.4, 0.5) is 4.39 Å². The summed E-state index contributed by atoms with van der Waals surface area (Å²) in [6.07, 6.45) is 2.98. The topological polar surface area (TPSA) is 24.9 Å². The van der Waals surface area contributed by atoms with E-state index in [-0.39, 0.29) is 11.9 Å². The molecule has 5 heteroatoms. The molecule has 0 amide bonds. The number of aromatic nitrogens is 1. The van der Waals surface area contributed by atoms with E-state index in [4.69, 9.17) is 11.6 Å². The van der Waals surface area contributed by atoms with Gasteiger partial charge < -0.3 is 5.32 Å². The van der Waals surface area contributed by atoms with Gasteiger partial charge in [0.25, 0.3) is 0 Å². The number of halogens is 3. The van der Waals surface area contributed by atoms with Crippen LogP contribution in [0, 0.1) is 5.82 Å². The third-order valence-electron chi connectivity index (χ3n) is 3.19. The molecule has 0 spiro atoms. The van der Waals surface area contributed by atoms with Crippen LogP contribution in [0.3, 0.4) is 0 Å². The van der Waals surface area contributed by atoms with Crippen LogP contribution >= 0.6 is 27.5 Å². The van der Waals surface area contributed by atoms with Crippen LogP contribution in [0.2, 0.25) is 5.02 Å². The van der Waals surface area contributed by atoms with Gasteiger partial charge >= 0.3 is 0 Å². The van der Waals surface area contributed by atoms with Gasteiger partial charge in [-0.15, -0.1) is 0 Å². The molecule has 21 heavy (non-hydrogen) atoms. The number of rotatable bonds is 6. The fourth-order valence-electron chi connectivity index (χ4n) is 2.10. The second-order valence-electron chi connectivity index (χ2n) is 4.85. The molecule has 1 heterocycles. The van der Waals surface area contributed by atoms with E-state index in [1.807, 2.05) is 18.2 Å². The van der Waals surface area contributed by atoms with Crippen molar-refractivity contribution in [1.29, 1.82) is 0 Å². The van der Waals surface area contributed by atoms with E-state index in [2.05, 4.69) is 33.2 Å². The molecule has 0 aliphatic rings. The number of pyridine rings is 1. The summed E-state index contributed by atoms with van der Waals surface area (Å²) in [5.41, 5.74) is 1.86. The Morgan fingerprint density at radius 3 is 2.76 bits per heavy atom. The molecule has 2 nitrogen and oxygen atoms in total. The predicted octanol–water partition coefficient (Wildman–Crippen LogP) is 4.92. The Labute approximate surface area is 137 Å². The maximum atomic E-state index is 13.0. The molecule has 0 radical (unpaired) electrons. The maximum absolute atomic E-state index is 13.0. The van der Waals surface area contributed by atoms with Gasteiger partial charge in [0.1, 0.15) is 5.82 Å². The highest BCUT2D eigenvalue weighted by Crippen LogP contribution is 2.26. The Morgan fingerprint density at radius 2 is 2.14 bits per heavy atom. The van der Waals surface area contributed by atoms with Crippen LogP contribution in [0.1, 0.15) is 30.6 Å². The molecule has 0 aliphatic carbocycles. The Balaban J connectivity index is 2.21. The number of nitrogens with one attached hydrogen (secondary N) is 1. The zero-order valence-electron chi connectivity index (χ0n) is 11.7. The van der Waals surface area contributed by atoms with Gasteiger partial charge in [0.2, 0.25) is 0 Å². The minimum atomic E-state index is -0.324. The first-order valence-corrected chi connectivity index (χ1v) is 8.06. The predicted molar refractivity (Wildman–Crippen MR) is 88.1 cm³/mol. The Morgan fingerprint density at radius 1 is 1.33 bits per heavy atom. The summed E-state index contributed by atoms with van der Waals surface area (Å²) >= 11 is 9.69. The summed E-state index contributed by atoms with van der Waals surface area (Å²) in [5.74, 6) is -0.324. The highest BCUT2D eigenvalue weighted by atomic mass is 79.9. The van der Waals surface area contributed by atoms with Crippen molar-refractivity contribution in [2.24, 2.45) is 0 Å². The first kappa shape index (κ1) is 16.4. The highest BCUT2D eigenvalue weighted by molar-refractivity contribution is 9.10. The molecule has 112 valence electrons. The average molecular weight is 372 g/mol. The van der Waals surface area contributed by atoms with Crippen molar-refractivity contribution < 1.29 is 4.39 Å². The fraction of sp³-hybridized carbons (Fsp3) is 0.312. The molecule has 0 bridgehead atoms. The van der Waals surface area contributed by atoms with Crippen LogP contribution in [-0.2, 0) is 6.42 Å². The summed E-state index contributed by atoms with van der Waals surface area (Å²) in [5, 5.41) is 4.16.